The van der Waals surface area contributed by atoms with Gasteiger partial charge in [-0.05, 0) is 18.2 Å². The minimum absolute atomic E-state index is 0.0705. The van der Waals surface area contributed by atoms with Gasteiger partial charge >= 0.3 is 16.1 Å². The SMILES string of the molecule is C=CCOC(=O)c1cc(O)c(O)c(OS(=O)(=O)c2ccccc2)c1. The van der Waals surface area contributed by atoms with Crippen LogP contribution in [0, 0.1) is 0 Å². The van der Waals surface area contributed by atoms with Gasteiger partial charge in [0.2, 0.25) is 5.75 Å². The van der Waals surface area contributed by atoms with E-state index in [9.17, 15) is 23.4 Å². The number of carbonyl (C=O) groups excluding carboxylic acids is 1. The number of hydrogen-bond donors (Lipinski definition) is 2. The van der Waals surface area contributed by atoms with Crippen LogP contribution in [0.4, 0.5) is 0 Å². The van der Waals surface area contributed by atoms with Crippen molar-refractivity contribution in [1.82, 2.24) is 0 Å². The van der Waals surface area contributed by atoms with E-state index in [0.29, 0.717) is 0 Å². The van der Waals surface area contributed by atoms with Gasteiger partial charge in [-0.2, -0.15) is 8.42 Å². The summed E-state index contributed by atoms with van der Waals surface area (Å²) in [7, 11) is -4.25. The fourth-order valence-electron chi connectivity index (χ4n) is 1.75. The Bertz CT molecular complexity index is 857. The van der Waals surface area contributed by atoms with Crippen LogP contribution < -0.4 is 4.18 Å². The van der Waals surface area contributed by atoms with Gasteiger partial charge in [-0.15, -0.1) is 0 Å². The van der Waals surface area contributed by atoms with Crippen LogP contribution in [-0.4, -0.2) is 31.2 Å². The first-order valence-electron chi connectivity index (χ1n) is 6.68. The molecule has 0 fully saturated rings. The fraction of sp³-hybridized carbons (Fsp3) is 0.0625. The van der Waals surface area contributed by atoms with Gasteiger partial charge in [0, 0.05) is 6.07 Å². The first-order valence-corrected chi connectivity index (χ1v) is 8.09. The molecule has 8 heteroatoms. The molecule has 0 amide bonds. The number of rotatable bonds is 6. The van der Waals surface area contributed by atoms with Crippen molar-refractivity contribution in [3.63, 3.8) is 0 Å². The molecule has 0 aliphatic rings. The molecule has 2 rings (SSSR count). The van der Waals surface area contributed by atoms with Crippen LogP contribution in [-0.2, 0) is 14.9 Å². The molecule has 24 heavy (non-hydrogen) atoms. The van der Waals surface area contributed by atoms with Gasteiger partial charge in [-0.25, -0.2) is 4.79 Å². The summed E-state index contributed by atoms with van der Waals surface area (Å²) in [6.45, 7) is 3.32. The Balaban J connectivity index is 2.38. The Hall–Kier alpha value is -3.00. The third kappa shape index (κ3) is 3.85. The van der Waals surface area contributed by atoms with E-state index in [2.05, 4.69) is 6.58 Å². The summed E-state index contributed by atoms with van der Waals surface area (Å²) < 4.78 is 34.0. The lowest BCUT2D eigenvalue weighted by molar-refractivity contribution is 0.0549. The first kappa shape index (κ1) is 17.4. The number of phenols is 2. The molecule has 2 aromatic rings. The van der Waals surface area contributed by atoms with E-state index >= 15 is 0 Å². The molecule has 0 saturated carbocycles. The summed E-state index contributed by atoms with van der Waals surface area (Å²) >= 11 is 0. The number of carbonyl (C=O) groups is 1. The highest BCUT2D eigenvalue weighted by Gasteiger charge is 2.22. The highest BCUT2D eigenvalue weighted by molar-refractivity contribution is 7.87. The average molecular weight is 350 g/mol. The van der Waals surface area contributed by atoms with Crippen LogP contribution in [0.5, 0.6) is 17.2 Å². The van der Waals surface area contributed by atoms with Crippen molar-refractivity contribution in [2.45, 2.75) is 4.90 Å². The van der Waals surface area contributed by atoms with Gasteiger partial charge in [0.15, 0.2) is 11.5 Å². The molecule has 0 radical (unpaired) electrons. The summed E-state index contributed by atoms with van der Waals surface area (Å²) in [5.74, 6) is -2.97. The van der Waals surface area contributed by atoms with Crippen molar-refractivity contribution in [3.05, 3.63) is 60.7 Å². The van der Waals surface area contributed by atoms with Crippen molar-refractivity contribution in [3.8, 4) is 17.2 Å². The summed E-state index contributed by atoms with van der Waals surface area (Å²) in [6, 6.07) is 9.11. The highest BCUT2D eigenvalue weighted by Crippen LogP contribution is 2.38. The third-order valence-electron chi connectivity index (χ3n) is 2.85. The maximum Gasteiger partial charge on any atom is 0.339 e. The number of benzene rings is 2. The molecular formula is C16H14O7S. The van der Waals surface area contributed by atoms with Crippen molar-refractivity contribution in [1.29, 1.82) is 0 Å². The number of aromatic hydroxyl groups is 2. The summed E-state index contributed by atoms with van der Waals surface area (Å²) in [6.07, 6.45) is 1.34. The Kier molecular flexibility index (Phi) is 5.10. The molecule has 7 nitrogen and oxygen atoms in total. The van der Waals surface area contributed by atoms with Crippen LogP contribution in [0.3, 0.4) is 0 Å². The molecule has 0 atom stereocenters. The van der Waals surface area contributed by atoms with E-state index in [-0.39, 0.29) is 17.1 Å². The quantitative estimate of drug-likeness (QED) is 0.356. The van der Waals surface area contributed by atoms with Gasteiger partial charge in [-0.3, -0.25) is 0 Å². The minimum atomic E-state index is -4.25. The zero-order valence-corrected chi connectivity index (χ0v) is 13.2. The lowest BCUT2D eigenvalue weighted by atomic mass is 10.2. The molecule has 0 aliphatic carbocycles. The van der Waals surface area contributed by atoms with E-state index in [0.717, 1.165) is 12.1 Å². The Morgan fingerprint density at radius 3 is 2.46 bits per heavy atom. The van der Waals surface area contributed by atoms with Crippen LogP contribution in [0.25, 0.3) is 0 Å². The molecule has 0 aliphatic heterocycles. The minimum Gasteiger partial charge on any atom is -0.504 e. The summed E-state index contributed by atoms with van der Waals surface area (Å²) in [4.78, 5) is 11.6. The van der Waals surface area contributed by atoms with Crippen molar-refractivity contribution in [2.24, 2.45) is 0 Å². The van der Waals surface area contributed by atoms with Gasteiger partial charge in [0.05, 0.1) is 5.56 Å². The molecule has 0 heterocycles. The number of phenolic OH excluding ortho intramolecular Hbond substituents is 2. The standard InChI is InChI=1S/C16H14O7S/c1-2-8-22-16(19)11-9-13(17)15(18)14(10-11)23-24(20,21)12-6-4-3-5-7-12/h2-7,9-10,17-18H,1,8H2. The highest BCUT2D eigenvalue weighted by atomic mass is 32.2. The predicted molar refractivity (Wildman–Crippen MR) is 84.5 cm³/mol. The van der Waals surface area contributed by atoms with Crippen molar-refractivity contribution < 1.29 is 32.3 Å². The smallest absolute Gasteiger partial charge is 0.339 e. The van der Waals surface area contributed by atoms with Crippen LogP contribution in [0.1, 0.15) is 10.4 Å². The maximum atomic E-state index is 12.2. The van der Waals surface area contributed by atoms with Crippen LogP contribution in [0.2, 0.25) is 0 Å². The fourth-order valence-corrected chi connectivity index (χ4v) is 2.70. The number of ether oxygens (including phenoxy) is 1. The van der Waals surface area contributed by atoms with Crippen molar-refractivity contribution in [2.75, 3.05) is 6.61 Å². The molecule has 0 bridgehead atoms. The molecular weight excluding hydrogens is 336 g/mol. The van der Waals surface area contributed by atoms with Crippen molar-refractivity contribution >= 4 is 16.1 Å². The number of hydrogen-bond acceptors (Lipinski definition) is 7. The Morgan fingerprint density at radius 2 is 1.83 bits per heavy atom. The van der Waals surface area contributed by atoms with E-state index in [1.54, 1.807) is 6.07 Å². The Labute approximate surface area is 138 Å². The number of esters is 1. The maximum absolute atomic E-state index is 12.2. The zero-order chi connectivity index (χ0) is 17.7. The van der Waals surface area contributed by atoms with Crippen LogP contribution >= 0.6 is 0 Å². The van der Waals surface area contributed by atoms with E-state index in [1.807, 2.05) is 0 Å². The van der Waals surface area contributed by atoms with Gasteiger partial charge < -0.3 is 19.1 Å². The molecule has 0 spiro atoms. The van der Waals surface area contributed by atoms with E-state index in [1.165, 1.54) is 30.3 Å². The molecule has 126 valence electrons. The van der Waals surface area contributed by atoms with Gasteiger partial charge in [0.25, 0.3) is 0 Å². The second-order valence-electron chi connectivity index (χ2n) is 4.58. The van der Waals surface area contributed by atoms with E-state index in [4.69, 9.17) is 8.92 Å². The molecule has 0 unspecified atom stereocenters. The normalized spacial score (nSPS) is 10.8. The zero-order valence-electron chi connectivity index (χ0n) is 12.4. The predicted octanol–water partition coefficient (Wildman–Crippen LogP) is 2.21. The van der Waals surface area contributed by atoms with Gasteiger partial charge in [0.1, 0.15) is 11.5 Å². The lowest BCUT2D eigenvalue weighted by Crippen LogP contribution is -2.11. The topological polar surface area (TPSA) is 110 Å². The molecule has 2 N–H and O–H groups in total. The average Bonchev–Trinajstić information content (AvgIpc) is 2.57. The first-order chi connectivity index (χ1) is 11.3. The monoisotopic (exact) mass is 350 g/mol. The Morgan fingerprint density at radius 1 is 1.17 bits per heavy atom. The van der Waals surface area contributed by atoms with Gasteiger partial charge in [-0.1, -0.05) is 30.9 Å². The third-order valence-corrected chi connectivity index (χ3v) is 4.10. The molecule has 0 aromatic heterocycles. The summed E-state index contributed by atoms with van der Waals surface area (Å²) in [5.41, 5.74) is -0.189. The second-order valence-corrected chi connectivity index (χ2v) is 6.13. The summed E-state index contributed by atoms with van der Waals surface area (Å²) in [5, 5.41) is 19.5. The second kappa shape index (κ2) is 7.05. The molecule has 2 aromatic carbocycles. The largest absolute Gasteiger partial charge is 0.504 e. The van der Waals surface area contributed by atoms with Crippen LogP contribution in [0.15, 0.2) is 60.0 Å². The molecule has 0 saturated heterocycles. The van der Waals surface area contributed by atoms with E-state index < -0.39 is 33.3 Å². The lowest BCUT2D eigenvalue weighted by Gasteiger charge is -2.11.